The van der Waals surface area contributed by atoms with Crippen LogP contribution in [0.5, 0.6) is 0 Å². The highest BCUT2D eigenvalue weighted by Crippen LogP contribution is 2.34. The Hall–Kier alpha value is -2.52. The molecule has 9 heteroatoms. The molecule has 0 aliphatic heterocycles. The van der Waals surface area contributed by atoms with Gasteiger partial charge in [0.25, 0.3) is 0 Å². The lowest BCUT2D eigenvalue weighted by Gasteiger charge is -2.10. The molecule has 1 heterocycles. The summed E-state index contributed by atoms with van der Waals surface area (Å²) >= 11 is 10.3. The Labute approximate surface area is 204 Å². The number of nitrogens with one attached hydrogen (secondary N) is 2. The summed E-state index contributed by atoms with van der Waals surface area (Å²) in [7, 11) is 0. The summed E-state index contributed by atoms with van der Waals surface area (Å²) in [6.07, 6.45) is 0. The van der Waals surface area contributed by atoms with Gasteiger partial charge in [0.1, 0.15) is 0 Å². The van der Waals surface area contributed by atoms with Gasteiger partial charge in [-0.25, -0.2) is 0 Å². The fraction of sp³-hybridized carbons (Fsp3) is 0.0870. The van der Waals surface area contributed by atoms with Crippen molar-refractivity contribution >= 4 is 68.9 Å². The highest BCUT2D eigenvalue weighted by Gasteiger charge is 2.11. The fourth-order valence-corrected chi connectivity index (χ4v) is 5.28. The number of hydrogen-bond donors (Lipinski definition) is 2. The number of rotatable bonds is 8. The normalized spacial score (nSPS) is 10.7. The van der Waals surface area contributed by atoms with E-state index in [0.29, 0.717) is 10.2 Å². The largest absolute Gasteiger partial charge is 0.330 e. The van der Waals surface area contributed by atoms with Crippen LogP contribution in [0, 0.1) is 6.92 Å². The van der Waals surface area contributed by atoms with E-state index in [1.165, 1.54) is 28.7 Å². The Morgan fingerprint density at radius 3 is 2.53 bits per heavy atom. The summed E-state index contributed by atoms with van der Waals surface area (Å²) in [5.41, 5.74) is 2.93. The maximum Gasteiger partial charge on any atom is 0.234 e. The first-order valence-corrected chi connectivity index (χ1v) is 12.7. The molecular weight excluding hydrogens is 480 g/mol. The van der Waals surface area contributed by atoms with Gasteiger partial charge in [-0.3, -0.25) is 4.79 Å². The number of aromatic nitrogens is 2. The van der Waals surface area contributed by atoms with Crippen molar-refractivity contribution in [3.8, 4) is 0 Å². The van der Waals surface area contributed by atoms with Gasteiger partial charge < -0.3 is 10.6 Å². The molecule has 0 saturated carbocycles. The van der Waals surface area contributed by atoms with E-state index < -0.39 is 0 Å². The lowest BCUT2D eigenvalue weighted by Crippen LogP contribution is -2.14. The predicted octanol–water partition coefficient (Wildman–Crippen LogP) is 7.13. The van der Waals surface area contributed by atoms with Gasteiger partial charge in [0.15, 0.2) is 4.34 Å². The summed E-state index contributed by atoms with van der Waals surface area (Å²) in [4.78, 5) is 14.6. The van der Waals surface area contributed by atoms with E-state index in [1.54, 1.807) is 11.8 Å². The molecule has 0 unspecified atom stereocenters. The summed E-state index contributed by atoms with van der Waals surface area (Å²) in [5.74, 6) is 0.154. The van der Waals surface area contributed by atoms with Crippen LogP contribution in [0.3, 0.4) is 0 Å². The van der Waals surface area contributed by atoms with Gasteiger partial charge in [-0.05, 0) is 55.5 Å². The number of para-hydroxylation sites is 1. The molecule has 0 aliphatic rings. The summed E-state index contributed by atoms with van der Waals surface area (Å²) < 4.78 is 0.735. The third-order valence-electron chi connectivity index (χ3n) is 4.24. The van der Waals surface area contributed by atoms with E-state index in [-0.39, 0.29) is 11.7 Å². The first-order chi connectivity index (χ1) is 15.5. The van der Waals surface area contributed by atoms with E-state index >= 15 is 0 Å². The number of carbonyl (C=O) groups excluding carboxylic acids is 1. The van der Waals surface area contributed by atoms with Gasteiger partial charge in [0.2, 0.25) is 11.0 Å². The van der Waals surface area contributed by atoms with Crippen LogP contribution < -0.4 is 10.6 Å². The van der Waals surface area contributed by atoms with Crippen molar-refractivity contribution in [2.75, 3.05) is 16.4 Å². The van der Waals surface area contributed by atoms with Crippen molar-refractivity contribution in [2.24, 2.45) is 0 Å². The van der Waals surface area contributed by atoms with E-state index in [4.69, 9.17) is 11.6 Å². The van der Waals surface area contributed by atoms with Crippen molar-refractivity contribution in [1.29, 1.82) is 0 Å². The zero-order chi connectivity index (χ0) is 22.3. The van der Waals surface area contributed by atoms with Crippen molar-refractivity contribution in [3.63, 3.8) is 0 Å². The Balaban J connectivity index is 1.32. The Morgan fingerprint density at radius 2 is 1.75 bits per heavy atom. The molecule has 1 amide bonds. The van der Waals surface area contributed by atoms with Crippen LogP contribution in [-0.4, -0.2) is 21.9 Å². The Bertz CT molecular complexity index is 1200. The van der Waals surface area contributed by atoms with Crippen LogP contribution in [-0.2, 0) is 4.79 Å². The average Bonchev–Trinajstić information content (AvgIpc) is 3.24. The Morgan fingerprint density at radius 1 is 1.00 bits per heavy atom. The minimum Gasteiger partial charge on any atom is -0.330 e. The van der Waals surface area contributed by atoms with Crippen LogP contribution in [0.4, 0.5) is 16.5 Å². The molecule has 1 aromatic heterocycles. The first-order valence-electron chi connectivity index (χ1n) is 9.67. The standard InChI is InChI=1S/C23H19ClN4OS3/c1-15-6-10-17(11-7-15)25-22-27-28-23(32-22)30-14-21(29)26-19-4-2-3-5-20(19)31-18-12-8-16(24)9-13-18/h2-13H,14H2,1H3,(H,25,27)(H,26,29). The molecule has 0 atom stereocenters. The number of amides is 1. The number of thioether (sulfide) groups is 1. The molecule has 0 aliphatic carbocycles. The monoisotopic (exact) mass is 498 g/mol. The van der Waals surface area contributed by atoms with Crippen LogP contribution in [0.1, 0.15) is 5.56 Å². The quantitative estimate of drug-likeness (QED) is 0.252. The van der Waals surface area contributed by atoms with Gasteiger partial charge in [-0.15, -0.1) is 10.2 Å². The van der Waals surface area contributed by atoms with Crippen LogP contribution >= 0.6 is 46.5 Å². The van der Waals surface area contributed by atoms with Crippen LogP contribution in [0.25, 0.3) is 0 Å². The van der Waals surface area contributed by atoms with Crippen molar-refractivity contribution in [2.45, 2.75) is 21.1 Å². The van der Waals surface area contributed by atoms with E-state index in [9.17, 15) is 4.79 Å². The molecule has 2 N–H and O–H groups in total. The van der Waals surface area contributed by atoms with Gasteiger partial charge in [-0.1, -0.05) is 76.3 Å². The first kappa shape index (κ1) is 22.7. The van der Waals surface area contributed by atoms with Gasteiger partial charge in [0.05, 0.1) is 11.4 Å². The molecule has 0 fully saturated rings. The van der Waals surface area contributed by atoms with Gasteiger partial charge in [-0.2, -0.15) is 0 Å². The SMILES string of the molecule is Cc1ccc(Nc2nnc(SCC(=O)Nc3ccccc3Sc3ccc(Cl)cc3)s2)cc1. The van der Waals surface area contributed by atoms with E-state index in [2.05, 4.69) is 20.8 Å². The smallest absolute Gasteiger partial charge is 0.234 e. The molecule has 5 nitrogen and oxygen atoms in total. The van der Waals surface area contributed by atoms with Crippen molar-refractivity contribution in [3.05, 3.63) is 83.4 Å². The predicted molar refractivity (Wildman–Crippen MR) is 136 cm³/mol. The van der Waals surface area contributed by atoms with Crippen LogP contribution in [0.2, 0.25) is 5.02 Å². The molecule has 0 radical (unpaired) electrons. The van der Waals surface area contributed by atoms with E-state index in [0.717, 1.165) is 25.5 Å². The van der Waals surface area contributed by atoms with Crippen molar-refractivity contribution < 1.29 is 4.79 Å². The number of nitrogens with zero attached hydrogens (tertiary/aromatic N) is 2. The molecule has 4 rings (SSSR count). The molecule has 0 saturated heterocycles. The fourth-order valence-electron chi connectivity index (χ4n) is 2.68. The van der Waals surface area contributed by atoms with Crippen molar-refractivity contribution in [1.82, 2.24) is 10.2 Å². The number of carbonyl (C=O) groups is 1. The molecular formula is C23H19ClN4OS3. The molecule has 162 valence electrons. The molecule has 0 spiro atoms. The number of aryl methyl sites for hydroxylation is 1. The lowest BCUT2D eigenvalue weighted by molar-refractivity contribution is -0.113. The highest BCUT2D eigenvalue weighted by atomic mass is 35.5. The van der Waals surface area contributed by atoms with E-state index in [1.807, 2.05) is 79.7 Å². The molecule has 4 aromatic rings. The second kappa shape index (κ2) is 10.9. The topological polar surface area (TPSA) is 66.9 Å². The maximum atomic E-state index is 12.5. The van der Waals surface area contributed by atoms with Gasteiger partial charge in [0, 0.05) is 20.5 Å². The van der Waals surface area contributed by atoms with Gasteiger partial charge >= 0.3 is 0 Å². The number of halogens is 1. The number of anilines is 3. The lowest BCUT2D eigenvalue weighted by atomic mass is 10.2. The summed E-state index contributed by atoms with van der Waals surface area (Å²) in [6.45, 7) is 2.04. The highest BCUT2D eigenvalue weighted by molar-refractivity contribution is 8.01. The minimum atomic E-state index is -0.0950. The zero-order valence-electron chi connectivity index (χ0n) is 17.0. The Kier molecular flexibility index (Phi) is 7.70. The zero-order valence-corrected chi connectivity index (χ0v) is 20.2. The summed E-state index contributed by atoms with van der Waals surface area (Å²) in [5, 5.41) is 15.9. The number of hydrogen-bond acceptors (Lipinski definition) is 7. The van der Waals surface area contributed by atoms with Crippen LogP contribution in [0.15, 0.2) is 86.9 Å². The minimum absolute atomic E-state index is 0.0950. The number of benzene rings is 3. The molecule has 3 aromatic carbocycles. The average molecular weight is 499 g/mol. The summed E-state index contributed by atoms with van der Waals surface area (Å²) in [6, 6.07) is 23.4. The second-order valence-corrected chi connectivity index (χ2v) is 10.5. The molecule has 0 bridgehead atoms. The third-order valence-corrected chi connectivity index (χ3v) is 7.55. The maximum absolute atomic E-state index is 12.5. The second-order valence-electron chi connectivity index (χ2n) is 6.75. The molecule has 32 heavy (non-hydrogen) atoms. The third kappa shape index (κ3) is 6.49.